The summed E-state index contributed by atoms with van der Waals surface area (Å²) in [6.07, 6.45) is 5.59. The zero-order valence-electron chi connectivity index (χ0n) is 9.19. The van der Waals surface area contributed by atoms with Crippen molar-refractivity contribution < 1.29 is 0 Å². The minimum absolute atomic E-state index is 0.255. The first-order chi connectivity index (χ1) is 7.27. The van der Waals surface area contributed by atoms with Crippen LogP contribution in [0.1, 0.15) is 43.4 Å². The third-order valence-corrected chi connectivity index (χ3v) is 5.54. The highest BCUT2D eigenvalue weighted by molar-refractivity contribution is 8.00. The maximum absolute atomic E-state index is 6.09. The molecule has 1 aliphatic carbocycles. The van der Waals surface area contributed by atoms with Crippen LogP contribution in [0.3, 0.4) is 0 Å². The average Bonchev–Trinajstić information content (AvgIpc) is 2.87. The summed E-state index contributed by atoms with van der Waals surface area (Å²) in [5.74, 6) is 0. The highest BCUT2D eigenvalue weighted by atomic mass is 32.2. The zero-order chi connectivity index (χ0) is 10.7. The lowest BCUT2D eigenvalue weighted by Gasteiger charge is -2.22. The van der Waals surface area contributed by atoms with Gasteiger partial charge < -0.3 is 5.73 Å². The molecule has 0 amide bonds. The van der Waals surface area contributed by atoms with Gasteiger partial charge in [-0.2, -0.15) is 11.3 Å². The lowest BCUT2D eigenvalue weighted by molar-refractivity contribution is 0.716. The van der Waals surface area contributed by atoms with Crippen LogP contribution in [0.5, 0.6) is 0 Å². The molecule has 2 rings (SSSR count). The fourth-order valence-corrected chi connectivity index (χ4v) is 4.53. The molecular formula is C12H19NS2. The summed E-state index contributed by atoms with van der Waals surface area (Å²) in [5, 5.41) is 5.75. The second-order valence-electron chi connectivity index (χ2n) is 4.38. The van der Waals surface area contributed by atoms with E-state index in [0.717, 1.165) is 5.25 Å². The highest BCUT2D eigenvalue weighted by Gasteiger charge is 2.24. The molecule has 2 atom stereocenters. The Balaban J connectivity index is 2.00. The number of nitrogens with two attached hydrogens (primary N) is 1. The standard InChI is InChI=1S/C12H19NS2/c1-9(13)12(10-6-7-14-8-10)15-11-4-2-3-5-11/h6-9,11-12H,2-5,13H2,1H3. The van der Waals surface area contributed by atoms with Gasteiger partial charge in [-0.3, -0.25) is 0 Å². The van der Waals surface area contributed by atoms with Crippen LogP contribution < -0.4 is 5.73 Å². The second-order valence-corrected chi connectivity index (χ2v) is 6.61. The molecule has 1 fully saturated rings. The van der Waals surface area contributed by atoms with Crippen LogP contribution in [-0.2, 0) is 0 Å². The van der Waals surface area contributed by atoms with Gasteiger partial charge in [-0.05, 0) is 42.2 Å². The lowest BCUT2D eigenvalue weighted by Crippen LogP contribution is -2.23. The molecular weight excluding hydrogens is 222 g/mol. The number of thioether (sulfide) groups is 1. The Bertz CT molecular complexity index is 276. The molecule has 15 heavy (non-hydrogen) atoms. The molecule has 0 saturated heterocycles. The first-order valence-corrected chi connectivity index (χ1v) is 7.59. The molecule has 2 N–H and O–H groups in total. The Labute approximate surface area is 100 Å². The molecule has 1 saturated carbocycles. The minimum atomic E-state index is 0.255. The first-order valence-electron chi connectivity index (χ1n) is 5.70. The van der Waals surface area contributed by atoms with Gasteiger partial charge in [0.2, 0.25) is 0 Å². The predicted octanol–water partition coefficient (Wildman–Crippen LogP) is 3.81. The van der Waals surface area contributed by atoms with Crippen LogP contribution in [0.2, 0.25) is 0 Å². The van der Waals surface area contributed by atoms with Crippen molar-refractivity contribution in [1.82, 2.24) is 0 Å². The lowest BCUT2D eigenvalue weighted by atomic mass is 10.1. The van der Waals surface area contributed by atoms with Gasteiger partial charge in [0.15, 0.2) is 0 Å². The summed E-state index contributed by atoms with van der Waals surface area (Å²) in [5.41, 5.74) is 7.51. The topological polar surface area (TPSA) is 26.0 Å². The number of hydrogen-bond acceptors (Lipinski definition) is 3. The maximum atomic E-state index is 6.09. The van der Waals surface area contributed by atoms with Crippen molar-refractivity contribution in [1.29, 1.82) is 0 Å². The predicted molar refractivity (Wildman–Crippen MR) is 70.6 cm³/mol. The molecule has 1 nitrogen and oxygen atoms in total. The van der Waals surface area contributed by atoms with Gasteiger partial charge >= 0.3 is 0 Å². The molecule has 2 unspecified atom stereocenters. The van der Waals surface area contributed by atoms with Crippen molar-refractivity contribution in [2.75, 3.05) is 0 Å². The van der Waals surface area contributed by atoms with Crippen molar-refractivity contribution in [3.63, 3.8) is 0 Å². The number of thiophene rings is 1. The summed E-state index contributed by atoms with van der Waals surface area (Å²) in [6.45, 7) is 2.13. The number of rotatable bonds is 4. The van der Waals surface area contributed by atoms with Gasteiger partial charge in [0.05, 0.1) is 0 Å². The fraction of sp³-hybridized carbons (Fsp3) is 0.667. The Morgan fingerprint density at radius 3 is 2.73 bits per heavy atom. The van der Waals surface area contributed by atoms with Gasteiger partial charge in [0, 0.05) is 16.5 Å². The van der Waals surface area contributed by atoms with E-state index in [1.807, 2.05) is 0 Å². The highest BCUT2D eigenvalue weighted by Crippen LogP contribution is 2.41. The van der Waals surface area contributed by atoms with Crippen LogP contribution >= 0.6 is 23.1 Å². The van der Waals surface area contributed by atoms with Gasteiger partial charge in [-0.15, -0.1) is 11.8 Å². The fourth-order valence-electron chi connectivity index (χ4n) is 2.17. The minimum Gasteiger partial charge on any atom is -0.327 e. The van der Waals surface area contributed by atoms with Gasteiger partial charge in [0.25, 0.3) is 0 Å². The largest absolute Gasteiger partial charge is 0.327 e. The van der Waals surface area contributed by atoms with Crippen LogP contribution in [0.25, 0.3) is 0 Å². The SMILES string of the molecule is CC(N)C(SC1CCCC1)c1ccsc1. The molecule has 0 aromatic carbocycles. The molecule has 0 aliphatic heterocycles. The van der Waals surface area contributed by atoms with Gasteiger partial charge in [-0.1, -0.05) is 12.8 Å². The first kappa shape index (κ1) is 11.5. The molecule has 0 radical (unpaired) electrons. The third kappa shape index (κ3) is 2.99. The van der Waals surface area contributed by atoms with E-state index in [1.54, 1.807) is 11.3 Å². The molecule has 0 bridgehead atoms. The van der Waals surface area contributed by atoms with Crippen molar-refractivity contribution in [3.05, 3.63) is 22.4 Å². The summed E-state index contributed by atoms with van der Waals surface area (Å²) < 4.78 is 0. The van der Waals surface area contributed by atoms with E-state index in [0.29, 0.717) is 5.25 Å². The van der Waals surface area contributed by atoms with Crippen molar-refractivity contribution >= 4 is 23.1 Å². The molecule has 1 heterocycles. The quantitative estimate of drug-likeness (QED) is 0.867. The van der Waals surface area contributed by atoms with E-state index in [2.05, 4.69) is 35.5 Å². The molecule has 3 heteroatoms. The van der Waals surface area contributed by atoms with Crippen LogP contribution in [0.15, 0.2) is 16.8 Å². The average molecular weight is 241 g/mol. The molecule has 0 spiro atoms. The Morgan fingerprint density at radius 1 is 1.47 bits per heavy atom. The molecule has 1 aliphatic rings. The summed E-state index contributed by atoms with van der Waals surface area (Å²) in [6, 6.07) is 2.48. The zero-order valence-corrected chi connectivity index (χ0v) is 10.8. The van der Waals surface area contributed by atoms with Crippen LogP contribution in [0.4, 0.5) is 0 Å². The normalized spacial score (nSPS) is 21.7. The van der Waals surface area contributed by atoms with Crippen molar-refractivity contribution in [2.24, 2.45) is 5.73 Å². The molecule has 84 valence electrons. The van der Waals surface area contributed by atoms with Crippen LogP contribution in [0, 0.1) is 0 Å². The molecule has 1 aromatic heterocycles. The van der Waals surface area contributed by atoms with E-state index >= 15 is 0 Å². The summed E-state index contributed by atoms with van der Waals surface area (Å²) in [4.78, 5) is 0. The maximum Gasteiger partial charge on any atom is 0.0456 e. The van der Waals surface area contributed by atoms with Crippen molar-refractivity contribution in [3.8, 4) is 0 Å². The van der Waals surface area contributed by atoms with E-state index in [4.69, 9.17) is 5.73 Å². The van der Waals surface area contributed by atoms with Crippen molar-refractivity contribution in [2.45, 2.75) is 49.1 Å². The van der Waals surface area contributed by atoms with E-state index in [-0.39, 0.29) is 6.04 Å². The van der Waals surface area contributed by atoms with Gasteiger partial charge in [-0.25, -0.2) is 0 Å². The Hall–Kier alpha value is 0.01000. The third-order valence-electron chi connectivity index (χ3n) is 2.99. The smallest absolute Gasteiger partial charge is 0.0456 e. The van der Waals surface area contributed by atoms with E-state index in [9.17, 15) is 0 Å². The monoisotopic (exact) mass is 241 g/mol. The van der Waals surface area contributed by atoms with E-state index < -0.39 is 0 Å². The Morgan fingerprint density at radius 2 is 2.20 bits per heavy atom. The summed E-state index contributed by atoms with van der Waals surface area (Å²) in [7, 11) is 0. The number of hydrogen-bond donors (Lipinski definition) is 1. The van der Waals surface area contributed by atoms with Crippen LogP contribution in [-0.4, -0.2) is 11.3 Å². The summed E-state index contributed by atoms with van der Waals surface area (Å²) >= 11 is 3.87. The van der Waals surface area contributed by atoms with Gasteiger partial charge in [0.1, 0.15) is 0 Å². The van der Waals surface area contributed by atoms with E-state index in [1.165, 1.54) is 31.2 Å². The Kier molecular flexibility index (Phi) is 4.12. The molecule has 1 aromatic rings. The second kappa shape index (κ2) is 5.37.